The molecule has 2 aromatic rings. The van der Waals surface area contributed by atoms with Crippen LogP contribution >= 0.6 is 11.6 Å². The largest absolute Gasteiger partial charge is 0.329 e. The third-order valence-corrected chi connectivity index (χ3v) is 3.61. The molecular weight excluding hydrogens is 295 g/mol. The molecule has 112 valence electrons. The standard InChI is InChI=1S/C15H16ClFN2O2/c1-9(2)12-13(16)18-15(21)19(14(12)20)8-7-10-5-3-4-6-11(10)17/h3-6,9H,7-8H2,1-2H3,(H,18,21). The van der Waals surface area contributed by atoms with E-state index in [1.165, 1.54) is 6.07 Å². The van der Waals surface area contributed by atoms with Gasteiger partial charge in [0.2, 0.25) is 0 Å². The van der Waals surface area contributed by atoms with Crippen molar-refractivity contribution >= 4 is 11.6 Å². The fourth-order valence-electron chi connectivity index (χ4n) is 2.20. The molecule has 1 aromatic heterocycles. The average Bonchev–Trinajstić information content (AvgIpc) is 2.39. The van der Waals surface area contributed by atoms with E-state index < -0.39 is 11.2 Å². The zero-order valence-corrected chi connectivity index (χ0v) is 12.6. The minimum absolute atomic E-state index is 0.0714. The van der Waals surface area contributed by atoms with Gasteiger partial charge in [-0.25, -0.2) is 9.18 Å². The van der Waals surface area contributed by atoms with E-state index in [0.717, 1.165) is 4.57 Å². The summed E-state index contributed by atoms with van der Waals surface area (Å²) in [5.41, 5.74) is -0.171. The van der Waals surface area contributed by atoms with Gasteiger partial charge in [-0.1, -0.05) is 43.6 Å². The second kappa shape index (κ2) is 6.26. The second-order valence-corrected chi connectivity index (χ2v) is 5.49. The summed E-state index contributed by atoms with van der Waals surface area (Å²) in [7, 11) is 0. The molecule has 2 rings (SSSR count). The van der Waals surface area contributed by atoms with E-state index in [9.17, 15) is 14.0 Å². The Morgan fingerprint density at radius 1 is 1.29 bits per heavy atom. The highest BCUT2D eigenvalue weighted by molar-refractivity contribution is 6.30. The van der Waals surface area contributed by atoms with Crippen molar-refractivity contribution in [1.29, 1.82) is 0 Å². The topological polar surface area (TPSA) is 54.9 Å². The molecule has 0 aliphatic rings. The van der Waals surface area contributed by atoms with Crippen LogP contribution in [0.3, 0.4) is 0 Å². The Hall–Kier alpha value is -1.88. The molecule has 0 aliphatic carbocycles. The first-order valence-electron chi connectivity index (χ1n) is 6.67. The van der Waals surface area contributed by atoms with Gasteiger partial charge in [-0.15, -0.1) is 0 Å². The highest BCUT2D eigenvalue weighted by Gasteiger charge is 2.15. The lowest BCUT2D eigenvalue weighted by Gasteiger charge is -2.11. The number of nitrogens with zero attached hydrogens (tertiary/aromatic N) is 1. The summed E-state index contributed by atoms with van der Waals surface area (Å²) in [6.45, 7) is 3.75. The van der Waals surface area contributed by atoms with Gasteiger partial charge in [-0.05, 0) is 24.0 Å². The molecule has 0 atom stereocenters. The van der Waals surface area contributed by atoms with Crippen LogP contribution in [0.5, 0.6) is 0 Å². The zero-order valence-electron chi connectivity index (χ0n) is 11.8. The van der Waals surface area contributed by atoms with Crippen LogP contribution in [0, 0.1) is 5.82 Å². The summed E-state index contributed by atoms with van der Waals surface area (Å²) < 4.78 is 14.6. The maximum Gasteiger partial charge on any atom is 0.329 e. The molecule has 0 fully saturated rings. The summed E-state index contributed by atoms with van der Waals surface area (Å²) in [6.07, 6.45) is 0.259. The number of aromatic nitrogens is 2. The third kappa shape index (κ3) is 3.24. The fourth-order valence-corrected chi connectivity index (χ4v) is 2.58. The molecule has 0 unspecified atom stereocenters. The van der Waals surface area contributed by atoms with Gasteiger partial charge in [-0.2, -0.15) is 0 Å². The van der Waals surface area contributed by atoms with Gasteiger partial charge in [-0.3, -0.25) is 14.3 Å². The van der Waals surface area contributed by atoms with Gasteiger partial charge in [0.15, 0.2) is 0 Å². The van der Waals surface area contributed by atoms with Crippen molar-refractivity contribution in [3.05, 3.63) is 67.2 Å². The lowest BCUT2D eigenvalue weighted by atomic mass is 10.1. The first-order valence-corrected chi connectivity index (χ1v) is 7.05. The van der Waals surface area contributed by atoms with Crippen molar-refractivity contribution in [1.82, 2.24) is 9.55 Å². The average molecular weight is 311 g/mol. The second-order valence-electron chi connectivity index (χ2n) is 5.11. The molecule has 0 spiro atoms. The van der Waals surface area contributed by atoms with Crippen molar-refractivity contribution in [3.63, 3.8) is 0 Å². The van der Waals surface area contributed by atoms with Crippen LogP contribution in [0.1, 0.15) is 30.9 Å². The van der Waals surface area contributed by atoms with Gasteiger partial charge in [0.05, 0.1) is 5.56 Å². The van der Waals surface area contributed by atoms with Crippen molar-refractivity contribution < 1.29 is 4.39 Å². The van der Waals surface area contributed by atoms with E-state index in [-0.39, 0.29) is 29.9 Å². The SMILES string of the molecule is CC(C)c1c(Cl)[nH]c(=O)n(CCc2ccccc2F)c1=O. The Labute approximate surface area is 126 Å². The number of hydrogen-bond donors (Lipinski definition) is 1. The minimum atomic E-state index is -0.578. The smallest absolute Gasteiger partial charge is 0.297 e. The molecule has 1 aromatic carbocycles. The van der Waals surface area contributed by atoms with E-state index in [0.29, 0.717) is 11.1 Å². The van der Waals surface area contributed by atoms with Gasteiger partial charge >= 0.3 is 5.69 Å². The third-order valence-electron chi connectivity index (χ3n) is 3.31. The predicted octanol–water partition coefficient (Wildman–Crippen LogP) is 2.70. The van der Waals surface area contributed by atoms with Crippen LogP contribution in [0.2, 0.25) is 5.15 Å². The molecule has 21 heavy (non-hydrogen) atoms. The molecule has 1 N–H and O–H groups in total. The van der Waals surface area contributed by atoms with E-state index in [4.69, 9.17) is 11.6 Å². The number of rotatable bonds is 4. The van der Waals surface area contributed by atoms with Crippen molar-refractivity contribution in [2.45, 2.75) is 32.7 Å². The monoisotopic (exact) mass is 310 g/mol. The Balaban J connectivity index is 2.37. The normalized spacial score (nSPS) is 11.1. The first-order chi connectivity index (χ1) is 9.91. The maximum atomic E-state index is 13.6. The lowest BCUT2D eigenvalue weighted by Crippen LogP contribution is -2.38. The number of aryl methyl sites for hydroxylation is 1. The van der Waals surface area contributed by atoms with E-state index >= 15 is 0 Å². The van der Waals surface area contributed by atoms with Crippen LogP contribution in [0.25, 0.3) is 0 Å². The highest BCUT2D eigenvalue weighted by Crippen LogP contribution is 2.16. The van der Waals surface area contributed by atoms with E-state index in [1.54, 1.807) is 18.2 Å². The summed E-state index contributed by atoms with van der Waals surface area (Å²) >= 11 is 5.92. The first kappa shape index (κ1) is 15.5. The van der Waals surface area contributed by atoms with Crippen molar-refractivity contribution in [3.8, 4) is 0 Å². The van der Waals surface area contributed by atoms with Crippen LogP contribution < -0.4 is 11.2 Å². The van der Waals surface area contributed by atoms with Gasteiger partial charge in [0, 0.05) is 6.54 Å². The zero-order chi connectivity index (χ0) is 15.6. The Morgan fingerprint density at radius 2 is 1.95 bits per heavy atom. The highest BCUT2D eigenvalue weighted by atomic mass is 35.5. The van der Waals surface area contributed by atoms with Crippen LogP contribution in [-0.2, 0) is 13.0 Å². The quantitative estimate of drug-likeness (QED) is 0.883. The molecule has 0 aliphatic heterocycles. The summed E-state index contributed by atoms with van der Waals surface area (Å²) in [6, 6.07) is 6.29. The van der Waals surface area contributed by atoms with Crippen molar-refractivity contribution in [2.24, 2.45) is 0 Å². The number of halogens is 2. The lowest BCUT2D eigenvalue weighted by molar-refractivity contribution is 0.572. The summed E-state index contributed by atoms with van der Waals surface area (Å²) in [5, 5.41) is 0.0714. The van der Waals surface area contributed by atoms with E-state index in [1.807, 2.05) is 13.8 Å². The van der Waals surface area contributed by atoms with Crippen LogP contribution in [-0.4, -0.2) is 9.55 Å². The molecule has 6 heteroatoms. The van der Waals surface area contributed by atoms with Gasteiger partial charge < -0.3 is 0 Å². The number of aromatic amines is 1. The number of benzene rings is 1. The summed E-state index contributed by atoms with van der Waals surface area (Å²) in [4.78, 5) is 26.7. The van der Waals surface area contributed by atoms with Crippen molar-refractivity contribution in [2.75, 3.05) is 0 Å². The summed E-state index contributed by atoms with van der Waals surface area (Å²) in [5.74, 6) is -0.457. The number of H-pyrrole nitrogens is 1. The number of hydrogen-bond acceptors (Lipinski definition) is 2. The fraction of sp³-hybridized carbons (Fsp3) is 0.333. The molecule has 0 bridgehead atoms. The van der Waals surface area contributed by atoms with Crippen LogP contribution in [0.4, 0.5) is 4.39 Å². The molecule has 1 heterocycles. The minimum Gasteiger partial charge on any atom is -0.297 e. The Kier molecular flexibility index (Phi) is 4.63. The van der Waals surface area contributed by atoms with Gasteiger partial charge in [0.1, 0.15) is 11.0 Å². The molecule has 0 saturated heterocycles. The Bertz CT molecular complexity index is 765. The molecule has 0 saturated carbocycles. The molecule has 0 radical (unpaired) electrons. The maximum absolute atomic E-state index is 13.6. The van der Waals surface area contributed by atoms with Gasteiger partial charge in [0.25, 0.3) is 5.56 Å². The Morgan fingerprint density at radius 3 is 2.57 bits per heavy atom. The van der Waals surface area contributed by atoms with Crippen LogP contribution in [0.15, 0.2) is 33.9 Å². The molecular formula is C15H16ClFN2O2. The number of nitrogens with one attached hydrogen (secondary N) is 1. The predicted molar refractivity (Wildman–Crippen MR) is 80.5 cm³/mol. The van der Waals surface area contributed by atoms with E-state index in [2.05, 4.69) is 4.98 Å². The molecule has 4 nitrogen and oxygen atoms in total. The molecule has 0 amide bonds.